The summed E-state index contributed by atoms with van der Waals surface area (Å²) in [5, 5.41) is 1.84. The Morgan fingerprint density at radius 2 is 1.48 bits per heavy atom. The van der Waals surface area contributed by atoms with E-state index in [1.807, 2.05) is 42.5 Å². The van der Waals surface area contributed by atoms with Crippen molar-refractivity contribution in [2.75, 3.05) is 6.61 Å². The van der Waals surface area contributed by atoms with Gasteiger partial charge in [-0.15, -0.1) is 0 Å². The van der Waals surface area contributed by atoms with Gasteiger partial charge in [-0.3, -0.25) is 0 Å². The van der Waals surface area contributed by atoms with E-state index < -0.39 is 0 Å². The monoisotopic (exact) mass is 382 g/mol. The van der Waals surface area contributed by atoms with Crippen LogP contribution in [-0.2, 0) is 0 Å². The summed E-state index contributed by atoms with van der Waals surface area (Å²) in [6, 6.07) is 18.3. The molecule has 142 valence electrons. The molecule has 0 atom stereocenters. The van der Waals surface area contributed by atoms with Gasteiger partial charge in [0.25, 0.3) is 0 Å². The van der Waals surface area contributed by atoms with E-state index in [1.165, 1.54) is 12.1 Å². The van der Waals surface area contributed by atoms with Crippen LogP contribution in [0.5, 0.6) is 5.75 Å². The Balaban J connectivity index is 1.49. The lowest BCUT2D eigenvalue weighted by Gasteiger charge is -2.04. The number of nitrogens with zero attached hydrogens (tertiary/aromatic N) is 2. The van der Waals surface area contributed by atoms with Crippen LogP contribution in [0.2, 0.25) is 0 Å². The van der Waals surface area contributed by atoms with Crippen molar-refractivity contribution in [1.82, 2.24) is 9.97 Å². The van der Waals surface area contributed by atoms with Crippen molar-refractivity contribution < 1.29 is 9.13 Å². The summed E-state index contributed by atoms with van der Waals surface area (Å²) in [6.45, 7) is 2.71. The summed E-state index contributed by atoms with van der Waals surface area (Å²) in [7, 11) is 0. The first-order valence-corrected chi connectivity index (χ1v) is 9.48. The van der Waals surface area contributed by atoms with Crippen molar-refractivity contribution in [3.63, 3.8) is 0 Å². The van der Waals surface area contributed by atoms with Crippen LogP contribution in [0.1, 0.15) is 24.5 Å². The van der Waals surface area contributed by atoms with E-state index in [2.05, 4.69) is 28.7 Å². The molecular formula is C25H19FN2O. The molecule has 0 saturated heterocycles. The van der Waals surface area contributed by atoms with Gasteiger partial charge in [-0.1, -0.05) is 30.9 Å². The zero-order chi connectivity index (χ0) is 20.1. The van der Waals surface area contributed by atoms with E-state index in [9.17, 15) is 4.39 Å². The summed E-state index contributed by atoms with van der Waals surface area (Å²) in [5.74, 6) is 7.42. The SMILES string of the molecule is CCCOc1cnc(-c2ccc(C#Cc3ccc4cc(F)ccc4c3)cc2)nc1. The van der Waals surface area contributed by atoms with Gasteiger partial charge in [-0.05, 0) is 65.7 Å². The Morgan fingerprint density at radius 1 is 0.828 bits per heavy atom. The Labute approximate surface area is 169 Å². The molecule has 0 aliphatic rings. The third kappa shape index (κ3) is 4.59. The van der Waals surface area contributed by atoms with Crippen LogP contribution < -0.4 is 4.74 Å². The van der Waals surface area contributed by atoms with E-state index in [1.54, 1.807) is 18.5 Å². The minimum absolute atomic E-state index is 0.233. The van der Waals surface area contributed by atoms with Gasteiger partial charge in [-0.25, -0.2) is 14.4 Å². The third-order valence-corrected chi connectivity index (χ3v) is 4.40. The van der Waals surface area contributed by atoms with Gasteiger partial charge in [0.15, 0.2) is 11.6 Å². The topological polar surface area (TPSA) is 35.0 Å². The molecular weight excluding hydrogens is 363 g/mol. The summed E-state index contributed by atoms with van der Waals surface area (Å²) in [4.78, 5) is 8.72. The molecule has 4 rings (SSSR count). The molecule has 1 heterocycles. The first-order chi connectivity index (χ1) is 14.2. The Hall–Kier alpha value is -3.71. The molecule has 1 aromatic heterocycles. The highest BCUT2D eigenvalue weighted by Crippen LogP contribution is 2.19. The average molecular weight is 382 g/mol. The number of ether oxygens (including phenoxy) is 1. The van der Waals surface area contributed by atoms with Gasteiger partial charge in [0.1, 0.15) is 5.82 Å². The van der Waals surface area contributed by atoms with Crippen molar-refractivity contribution in [2.24, 2.45) is 0 Å². The summed E-state index contributed by atoms with van der Waals surface area (Å²) in [5.41, 5.74) is 2.71. The standard InChI is InChI=1S/C25H19FN2O/c1-2-13-29-24-16-27-25(28-17-24)20-8-5-18(6-9-20)3-4-19-7-10-22-15-23(26)12-11-21(22)14-19/h5-12,14-17H,2,13H2,1H3. The maximum atomic E-state index is 13.3. The number of rotatable bonds is 4. The predicted molar refractivity (Wildman–Crippen MR) is 113 cm³/mol. The highest BCUT2D eigenvalue weighted by atomic mass is 19.1. The molecule has 0 amide bonds. The van der Waals surface area contributed by atoms with Crippen molar-refractivity contribution in [3.8, 4) is 29.0 Å². The van der Waals surface area contributed by atoms with E-state index in [0.29, 0.717) is 18.2 Å². The molecule has 0 saturated carbocycles. The summed E-state index contributed by atoms with van der Waals surface area (Å²) in [6.07, 6.45) is 4.33. The molecule has 3 aromatic carbocycles. The smallest absolute Gasteiger partial charge is 0.159 e. The summed E-state index contributed by atoms with van der Waals surface area (Å²) < 4.78 is 18.8. The van der Waals surface area contributed by atoms with Crippen LogP contribution in [0.25, 0.3) is 22.2 Å². The quantitative estimate of drug-likeness (QED) is 0.430. The highest BCUT2D eigenvalue weighted by molar-refractivity contribution is 5.84. The number of benzene rings is 3. The molecule has 4 aromatic rings. The van der Waals surface area contributed by atoms with Crippen molar-refractivity contribution in [1.29, 1.82) is 0 Å². The zero-order valence-electron chi connectivity index (χ0n) is 16.0. The fourth-order valence-electron chi connectivity index (χ4n) is 2.90. The maximum absolute atomic E-state index is 13.3. The second-order valence-corrected chi connectivity index (χ2v) is 6.62. The lowest BCUT2D eigenvalue weighted by Crippen LogP contribution is -1.97. The lowest BCUT2D eigenvalue weighted by molar-refractivity contribution is 0.315. The van der Waals surface area contributed by atoms with E-state index >= 15 is 0 Å². The first-order valence-electron chi connectivity index (χ1n) is 9.48. The van der Waals surface area contributed by atoms with Gasteiger partial charge in [0.05, 0.1) is 19.0 Å². The maximum Gasteiger partial charge on any atom is 0.159 e. The number of fused-ring (bicyclic) bond motifs is 1. The first kappa shape index (κ1) is 18.6. The molecule has 0 aliphatic carbocycles. The Bertz CT molecular complexity index is 1190. The average Bonchev–Trinajstić information content (AvgIpc) is 2.77. The number of halogens is 1. The molecule has 0 N–H and O–H groups in total. The number of hydrogen-bond donors (Lipinski definition) is 0. The second-order valence-electron chi connectivity index (χ2n) is 6.62. The normalized spacial score (nSPS) is 10.4. The van der Waals surface area contributed by atoms with Crippen LogP contribution >= 0.6 is 0 Å². The minimum atomic E-state index is -0.233. The Morgan fingerprint density at radius 3 is 2.24 bits per heavy atom. The van der Waals surface area contributed by atoms with E-state index in [4.69, 9.17) is 4.74 Å². The van der Waals surface area contributed by atoms with Crippen LogP contribution in [0.15, 0.2) is 73.1 Å². The lowest BCUT2D eigenvalue weighted by atomic mass is 10.1. The summed E-state index contributed by atoms with van der Waals surface area (Å²) >= 11 is 0. The largest absolute Gasteiger partial charge is 0.490 e. The second kappa shape index (κ2) is 8.53. The molecule has 0 aliphatic heterocycles. The molecule has 3 nitrogen and oxygen atoms in total. The molecule has 0 fully saturated rings. The van der Waals surface area contributed by atoms with Crippen LogP contribution in [0.3, 0.4) is 0 Å². The van der Waals surface area contributed by atoms with Gasteiger partial charge in [-0.2, -0.15) is 0 Å². The van der Waals surface area contributed by atoms with Crippen LogP contribution in [-0.4, -0.2) is 16.6 Å². The van der Waals surface area contributed by atoms with Crippen LogP contribution in [0.4, 0.5) is 4.39 Å². The molecule has 4 heteroatoms. The van der Waals surface area contributed by atoms with Gasteiger partial charge >= 0.3 is 0 Å². The van der Waals surface area contributed by atoms with E-state index in [0.717, 1.165) is 33.9 Å². The molecule has 0 radical (unpaired) electrons. The van der Waals surface area contributed by atoms with E-state index in [-0.39, 0.29) is 5.82 Å². The van der Waals surface area contributed by atoms with Crippen LogP contribution in [0, 0.1) is 17.7 Å². The zero-order valence-corrected chi connectivity index (χ0v) is 16.0. The number of hydrogen-bond acceptors (Lipinski definition) is 3. The van der Waals surface area contributed by atoms with Gasteiger partial charge in [0.2, 0.25) is 0 Å². The predicted octanol–water partition coefficient (Wildman–Crippen LogP) is 5.62. The fraction of sp³-hybridized carbons (Fsp3) is 0.120. The molecule has 0 bridgehead atoms. The minimum Gasteiger partial charge on any atom is -0.490 e. The fourth-order valence-corrected chi connectivity index (χ4v) is 2.90. The Kier molecular flexibility index (Phi) is 5.49. The van der Waals surface area contributed by atoms with Crippen molar-refractivity contribution in [3.05, 3.63) is 90.0 Å². The van der Waals surface area contributed by atoms with Crippen molar-refractivity contribution in [2.45, 2.75) is 13.3 Å². The van der Waals surface area contributed by atoms with Gasteiger partial charge < -0.3 is 4.74 Å². The molecule has 29 heavy (non-hydrogen) atoms. The molecule has 0 unspecified atom stereocenters. The number of aromatic nitrogens is 2. The highest BCUT2D eigenvalue weighted by Gasteiger charge is 2.02. The van der Waals surface area contributed by atoms with Gasteiger partial charge in [0, 0.05) is 16.7 Å². The van der Waals surface area contributed by atoms with Crippen molar-refractivity contribution >= 4 is 10.8 Å². The third-order valence-electron chi connectivity index (χ3n) is 4.40. The molecule has 0 spiro atoms.